The second-order valence-corrected chi connectivity index (χ2v) is 24.9. The molecule has 7 nitrogen and oxygen atoms in total. The van der Waals surface area contributed by atoms with Crippen LogP contribution in [0.3, 0.4) is 0 Å². The number of nitrogens with zero attached hydrogens (tertiary/aromatic N) is 7. The van der Waals surface area contributed by atoms with Crippen LogP contribution in [-0.4, -0.2) is 18.3 Å². The summed E-state index contributed by atoms with van der Waals surface area (Å²) in [5.41, 5.74) is 22.8. The van der Waals surface area contributed by atoms with Crippen molar-refractivity contribution in [3.63, 3.8) is 0 Å². The smallest absolute Gasteiger partial charge is 0.308 e. The molecule has 0 bridgehead atoms. The van der Waals surface area contributed by atoms with Crippen LogP contribution in [0.5, 0.6) is 0 Å². The Hall–Kier alpha value is -11.9. The normalized spacial score (nSPS) is 11.7. The molecule has 16 aromatic rings. The molecule has 16 rings (SSSR count). The summed E-state index contributed by atoms with van der Waals surface area (Å²) in [6.07, 6.45) is -4.64. The van der Waals surface area contributed by atoms with Gasteiger partial charge in [-0.3, -0.25) is 0 Å². The molecule has 0 aliphatic rings. The summed E-state index contributed by atoms with van der Waals surface area (Å²) in [7, 11) is 0. The minimum Gasteiger partial charge on any atom is -0.308 e. The van der Waals surface area contributed by atoms with Crippen LogP contribution >= 0.6 is 0 Å². The Balaban J connectivity index is 0.000000155. The lowest BCUT2D eigenvalue weighted by molar-refractivity contribution is -0.137. The summed E-state index contributed by atoms with van der Waals surface area (Å²) in [4.78, 5) is 0. The molecule has 0 aliphatic carbocycles. The monoisotopic (exact) mass is 1220 g/mol. The lowest BCUT2D eigenvalue weighted by Crippen LogP contribution is -2.12. The van der Waals surface area contributed by atoms with Gasteiger partial charge in [-0.05, 0) is 160 Å². The Morgan fingerprint density at radius 1 is 0.266 bits per heavy atom. The molecule has 12 aromatic carbocycles. The molecule has 10 heteroatoms. The molecule has 0 unspecified atom stereocenters. The molecule has 452 valence electrons. The third kappa shape index (κ3) is 8.99. The molecule has 94 heavy (non-hydrogen) atoms. The Morgan fingerprint density at radius 3 is 0.691 bits per heavy atom. The third-order valence-corrected chi connectivity index (χ3v) is 19.0. The highest BCUT2D eigenvalue weighted by Gasteiger charge is 2.35. The minimum atomic E-state index is -4.64. The van der Waals surface area contributed by atoms with Crippen molar-refractivity contribution < 1.29 is 13.2 Å². The molecule has 0 aliphatic heterocycles. The van der Waals surface area contributed by atoms with Gasteiger partial charge in [-0.1, -0.05) is 170 Å². The van der Waals surface area contributed by atoms with Crippen LogP contribution in [-0.2, 0) is 6.18 Å². The van der Waals surface area contributed by atoms with Gasteiger partial charge in [0.25, 0.3) is 0 Å². The molecule has 0 radical (unpaired) electrons. The molecule has 0 amide bonds. The summed E-state index contributed by atoms with van der Waals surface area (Å²) in [6, 6.07) is 78.6. The molecule has 0 spiro atoms. The maximum Gasteiger partial charge on any atom is 0.416 e. The lowest BCUT2D eigenvalue weighted by atomic mass is 9.96. The maximum atomic E-state index is 15.2. The van der Waals surface area contributed by atoms with E-state index in [2.05, 4.69) is 134 Å². The number of nitriles is 3. The maximum absolute atomic E-state index is 15.2. The van der Waals surface area contributed by atoms with E-state index in [4.69, 9.17) is 0 Å². The van der Waals surface area contributed by atoms with Gasteiger partial charge in [0.15, 0.2) is 0 Å². The molecule has 0 fully saturated rings. The number of hydrogen-bond acceptors (Lipinski definition) is 3. The third-order valence-electron chi connectivity index (χ3n) is 19.0. The number of rotatable bonds is 6. The fourth-order valence-electron chi connectivity index (χ4n) is 15.0. The number of fused-ring (bicyclic) bond motifs is 12. The van der Waals surface area contributed by atoms with E-state index >= 15 is 13.2 Å². The largest absolute Gasteiger partial charge is 0.416 e. The predicted molar refractivity (Wildman–Crippen MR) is 378 cm³/mol. The van der Waals surface area contributed by atoms with Gasteiger partial charge in [-0.25, -0.2) is 0 Å². The topological polar surface area (TPSA) is 91.1 Å². The van der Waals surface area contributed by atoms with E-state index in [-0.39, 0.29) is 0 Å². The molecule has 0 saturated carbocycles. The molecule has 0 atom stereocenters. The van der Waals surface area contributed by atoms with Crippen molar-refractivity contribution in [2.75, 3.05) is 0 Å². The zero-order valence-electron chi connectivity index (χ0n) is 53.0. The highest BCUT2D eigenvalue weighted by molar-refractivity contribution is 6.16. The first kappa shape index (κ1) is 58.5. The van der Waals surface area contributed by atoms with Gasteiger partial charge < -0.3 is 18.3 Å². The average Bonchev–Trinajstić information content (AvgIpc) is 1.50. The minimum absolute atomic E-state index is 0.399. The first-order chi connectivity index (χ1) is 45.5. The van der Waals surface area contributed by atoms with Crippen LogP contribution in [0, 0.1) is 89.4 Å². The highest BCUT2D eigenvalue weighted by atomic mass is 19.4. The summed E-state index contributed by atoms with van der Waals surface area (Å²) in [5.74, 6) is 0. The first-order valence-electron chi connectivity index (χ1n) is 31.3. The van der Waals surface area contributed by atoms with Crippen LogP contribution in [0.1, 0.15) is 66.8 Å². The fourth-order valence-corrected chi connectivity index (χ4v) is 15.0. The van der Waals surface area contributed by atoms with Gasteiger partial charge in [0.1, 0.15) is 0 Å². The first-order valence-corrected chi connectivity index (χ1v) is 31.3. The highest BCUT2D eigenvalue weighted by Crippen LogP contribution is 2.49. The van der Waals surface area contributed by atoms with Crippen molar-refractivity contribution in [3.05, 3.63) is 285 Å². The van der Waals surface area contributed by atoms with Crippen LogP contribution in [0.15, 0.2) is 218 Å². The van der Waals surface area contributed by atoms with Gasteiger partial charge in [0.05, 0.1) is 107 Å². The lowest BCUT2D eigenvalue weighted by Gasteiger charge is -2.24. The summed E-state index contributed by atoms with van der Waals surface area (Å²) < 4.78 is 54.3. The Bertz CT molecular complexity index is 5530. The standard InChI is InChI=1S/C42H30F3N3.C42H30N4/c1-24-10-5-16-31-32-17-6-11-25(2)39(32)47(38(24)31)35-21-30(42(43,44)45)22-36(37(35)29-15-9-14-28(20-29)23-46)48-40-26(3)12-7-18-33(40)34-19-8-13-27(4)41(34)48;1-25-10-5-16-32-33-17-6-11-26(2)40(33)45(39(25)32)36-21-30(24-44)22-37(38(36)31-15-9-14-29(20-31)23-43)46-41-27(3)12-7-18-34(41)35-19-8-13-28(4)42(35)46/h5-22H,1-4H3;5-22H,1-4H3. The van der Waals surface area contributed by atoms with Crippen LogP contribution in [0.4, 0.5) is 13.2 Å². The SMILES string of the molecule is Cc1cccc2c3cccc(C)c3n(-c3cc(C#N)cc(-n4c5c(C)cccc5c5cccc(C)c54)c3-c3cccc(C#N)c3)c12.Cc1cccc2c3cccc(C)c3n(-c3cc(C(F)(F)F)cc(-n4c5c(C)cccc5c5cccc(C)c54)c3-c3cccc(C#N)c3)c12. The second kappa shape index (κ2) is 22.2. The Morgan fingerprint density at radius 2 is 0.479 bits per heavy atom. The summed E-state index contributed by atoms with van der Waals surface area (Å²) in [5, 5.41) is 39.1. The van der Waals surface area contributed by atoms with Crippen molar-refractivity contribution in [1.82, 2.24) is 18.3 Å². The van der Waals surface area contributed by atoms with E-state index in [0.717, 1.165) is 133 Å². The van der Waals surface area contributed by atoms with Gasteiger partial charge in [-0.2, -0.15) is 29.0 Å². The average molecular weight is 1220 g/mol. The van der Waals surface area contributed by atoms with Crippen molar-refractivity contribution in [2.45, 2.75) is 61.6 Å². The van der Waals surface area contributed by atoms with Crippen molar-refractivity contribution in [3.8, 4) is 63.2 Å². The number of aryl methyl sites for hydroxylation is 8. The Kier molecular flexibility index (Phi) is 13.8. The van der Waals surface area contributed by atoms with Crippen molar-refractivity contribution >= 4 is 87.2 Å². The summed E-state index contributed by atoms with van der Waals surface area (Å²) in [6.45, 7) is 16.6. The van der Waals surface area contributed by atoms with E-state index in [9.17, 15) is 15.8 Å². The molecule has 0 saturated heterocycles. The molecular formula is C84H60F3N7. The van der Waals surface area contributed by atoms with E-state index < -0.39 is 11.7 Å². The number of halogens is 3. The van der Waals surface area contributed by atoms with Crippen molar-refractivity contribution in [1.29, 1.82) is 15.8 Å². The van der Waals surface area contributed by atoms with Gasteiger partial charge in [0, 0.05) is 54.2 Å². The predicted octanol–water partition coefficient (Wildman–Crippen LogP) is 22.2. The zero-order valence-corrected chi connectivity index (χ0v) is 53.0. The van der Waals surface area contributed by atoms with E-state index in [1.807, 2.05) is 146 Å². The summed E-state index contributed by atoms with van der Waals surface area (Å²) >= 11 is 0. The molecule has 4 aromatic heterocycles. The molecular weight excluding hydrogens is 1160 g/mol. The van der Waals surface area contributed by atoms with Crippen molar-refractivity contribution in [2.24, 2.45) is 0 Å². The Labute approximate surface area is 541 Å². The number of para-hydroxylation sites is 8. The second-order valence-electron chi connectivity index (χ2n) is 24.9. The number of alkyl halides is 3. The quantitative estimate of drug-likeness (QED) is 0.166. The zero-order chi connectivity index (χ0) is 65.2. The molecule has 4 heterocycles. The van der Waals surface area contributed by atoms with Gasteiger partial charge >= 0.3 is 6.18 Å². The molecule has 0 N–H and O–H groups in total. The van der Waals surface area contributed by atoms with Gasteiger partial charge in [0.2, 0.25) is 0 Å². The number of benzene rings is 12. The van der Waals surface area contributed by atoms with Crippen LogP contribution in [0.2, 0.25) is 0 Å². The van der Waals surface area contributed by atoms with Gasteiger partial charge in [-0.15, -0.1) is 0 Å². The van der Waals surface area contributed by atoms with E-state index in [1.54, 1.807) is 18.2 Å². The fraction of sp³-hybridized carbons (Fsp3) is 0.107. The van der Waals surface area contributed by atoms with E-state index in [0.29, 0.717) is 39.2 Å². The number of aromatic nitrogens is 4. The van der Waals surface area contributed by atoms with Crippen LogP contribution < -0.4 is 0 Å². The van der Waals surface area contributed by atoms with E-state index in [1.165, 1.54) is 33.7 Å². The number of hydrogen-bond donors (Lipinski definition) is 0. The van der Waals surface area contributed by atoms with Crippen LogP contribution in [0.25, 0.3) is 132 Å².